The Morgan fingerprint density at radius 2 is 1.93 bits per heavy atom. The number of β-amino-alcohol motifs (C(OH)–C–C–N with tert-alkyl or cyclic N) is 1. The van der Waals surface area contributed by atoms with Crippen LogP contribution in [0.15, 0.2) is 48.5 Å². The molecule has 3 N–H and O–H groups in total. The number of aliphatic hydroxyl groups is 1. The Labute approximate surface area is 165 Å². The third kappa shape index (κ3) is 7.59. The molecule has 0 fully saturated rings. The van der Waals surface area contributed by atoms with E-state index < -0.39 is 6.10 Å². The molecular formula is C21H27ClN2O3. The first kappa shape index (κ1) is 21.2. The number of anilines is 1. The van der Waals surface area contributed by atoms with Crippen molar-refractivity contribution in [3.05, 3.63) is 59.1 Å². The zero-order valence-electron chi connectivity index (χ0n) is 16.0. The second-order valence-corrected chi connectivity index (χ2v) is 7.63. The summed E-state index contributed by atoms with van der Waals surface area (Å²) in [4.78, 5) is 11.1. The van der Waals surface area contributed by atoms with Crippen molar-refractivity contribution in [2.24, 2.45) is 0 Å². The first-order valence-corrected chi connectivity index (χ1v) is 9.30. The van der Waals surface area contributed by atoms with E-state index in [-0.39, 0.29) is 18.1 Å². The van der Waals surface area contributed by atoms with Gasteiger partial charge in [0.15, 0.2) is 0 Å². The van der Waals surface area contributed by atoms with E-state index in [2.05, 4.69) is 36.6 Å². The molecule has 6 heteroatoms. The topological polar surface area (TPSA) is 70.6 Å². The van der Waals surface area contributed by atoms with Gasteiger partial charge in [-0.25, -0.2) is 0 Å². The molecule has 5 nitrogen and oxygen atoms in total. The fourth-order valence-electron chi connectivity index (χ4n) is 2.71. The standard InChI is InChI=1S/C21H27ClN2O3/c1-15(25)24-17-9-10-20(19(22)11-17)27-14-18(26)13-23-21(2,3)12-16-7-5-4-6-8-16/h4-11,18,23,26H,12-14H2,1-3H3,(H,24,25). The second-order valence-electron chi connectivity index (χ2n) is 7.22. The van der Waals surface area contributed by atoms with Crippen LogP contribution in [-0.4, -0.2) is 35.8 Å². The summed E-state index contributed by atoms with van der Waals surface area (Å²) in [5.74, 6) is 0.299. The molecule has 1 unspecified atom stereocenters. The van der Waals surface area contributed by atoms with E-state index in [0.29, 0.717) is 23.0 Å². The highest BCUT2D eigenvalue weighted by molar-refractivity contribution is 6.32. The monoisotopic (exact) mass is 390 g/mol. The maximum Gasteiger partial charge on any atom is 0.221 e. The van der Waals surface area contributed by atoms with Crippen LogP contribution in [0.5, 0.6) is 5.75 Å². The summed E-state index contributed by atoms with van der Waals surface area (Å²) in [6, 6.07) is 15.2. The molecule has 0 aliphatic rings. The van der Waals surface area contributed by atoms with Crippen molar-refractivity contribution >= 4 is 23.2 Å². The molecule has 27 heavy (non-hydrogen) atoms. The molecule has 2 rings (SSSR count). The fraction of sp³-hybridized carbons (Fsp3) is 0.381. The van der Waals surface area contributed by atoms with Gasteiger partial charge in [0.2, 0.25) is 5.91 Å². The van der Waals surface area contributed by atoms with Gasteiger partial charge in [-0.1, -0.05) is 41.9 Å². The minimum absolute atomic E-state index is 0.119. The smallest absolute Gasteiger partial charge is 0.221 e. The lowest BCUT2D eigenvalue weighted by molar-refractivity contribution is -0.114. The number of ether oxygens (including phenoxy) is 1. The summed E-state index contributed by atoms with van der Waals surface area (Å²) in [5.41, 5.74) is 1.69. The van der Waals surface area contributed by atoms with Crippen LogP contribution in [0.4, 0.5) is 5.69 Å². The third-order valence-corrected chi connectivity index (χ3v) is 4.28. The van der Waals surface area contributed by atoms with Crippen LogP contribution in [0, 0.1) is 0 Å². The highest BCUT2D eigenvalue weighted by atomic mass is 35.5. The average Bonchev–Trinajstić information content (AvgIpc) is 2.59. The van der Waals surface area contributed by atoms with Crippen LogP contribution in [0.3, 0.4) is 0 Å². The van der Waals surface area contributed by atoms with E-state index in [4.69, 9.17) is 16.3 Å². The highest BCUT2D eigenvalue weighted by Crippen LogP contribution is 2.27. The van der Waals surface area contributed by atoms with Crippen LogP contribution in [0.25, 0.3) is 0 Å². The molecular weight excluding hydrogens is 364 g/mol. The van der Waals surface area contributed by atoms with Crippen molar-refractivity contribution < 1.29 is 14.6 Å². The zero-order valence-corrected chi connectivity index (χ0v) is 16.7. The maximum atomic E-state index is 11.1. The van der Waals surface area contributed by atoms with Crippen LogP contribution >= 0.6 is 11.6 Å². The predicted molar refractivity (Wildman–Crippen MR) is 109 cm³/mol. The Bertz CT molecular complexity index is 750. The molecule has 0 saturated carbocycles. The SMILES string of the molecule is CC(=O)Nc1ccc(OCC(O)CNC(C)(C)Cc2ccccc2)c(Cl)c1. The Morgan fingerprint density at radius 3 is 2.56 bits per heavy atom. The highest BCUT2D eigenvalue weighted by Gasteiger charge is 2.19. The van der Waals surface area contributed by atoms with Gasteiger partial charge in [0.1, 0.15) is 18.5 Å². The van der Waals surface area contributed by atoms with Crippen molar-refractivity contribution in [3.63, 3.8) is 0 Å². The van der Waals surface area contributed by atoms with Gasteiger partial charge in [0.25, 0.3) is 0 Å². The van der Waals surface area contributed by atoms with Gasteiger partial charge >= 0.3 is 0 Å². The maximum absolute atomic E-state index is 11.1. The van der Waals surface area contributed by atoms with E-state index in [1.165, 1.54) is 12.5 Å². The number of rotatable bonds is 9. The average molecular weight is 391 g/mol. The molecule has 0 bridgehead atoms. The first-order chi connectivity index (χ1) is 12.7. The van der Waals surface area contributed by atoms with Gasteiger partial charge in [-0.3, -0.25) is 4.79 Å². The van der Waals surface area contributed by atoms with Crippen LogP contribution in [-0.2, 0) is 11.2 Å². The normalized spacial score (nSPS) is 12.5. The number of aliphatic hydroxyl groups excluding tert-OH is 1. The summed E-state index contributed by atoms with van der Waals surface area (Å²) < 4.78 is 5.61. The van der Waals surface area contributed by atoms with E-state index in [1.807, 2.05) is 18.2 Å². The zero-order chi connectivity index (χ0) is 19.9. The molecule has 146 valence electrons. The number of carbonyl (C=O) groups excluding carboxylic acids is 1. The third-order valence-electron chi connectivity index (χ3n) is 3.99. The number of hydrogen-bond acceptors (Lipinski definition) is 4. The van der Waals surface area contributed by atoms with Crippen molar-refractivity contribution in [1.29, 1.82) is 0 Å². The van der Waals surface area contributed by atoms with Gasteiger partial charge < -0.3 is 20.5 Å². The molecule has 1 atom stereocenters. The lowest BCUT2D eigenvalue weighted by Gasteiger charge is -2.28. The minimum Gasteiger partial charge on any atom is -0.489 e. The number of amides is 1. The summed E-state index contributed by atoms with van der Waals surface area (Å²) >= 11 is 6.16. The molecule has 0 aliphatic heterocycles. The Hall–Kier alpha value is -2.08. The minimum atomic E-state index is -0.675. The first-order valence-electron chi connectivity index (χ1n) is 8.92. The van der Waals surface area contributed by atoms with E-state index in [0.717, 1.165) is 6.42 Å². The molecule has 0 radical (unpaired) electrons. The lowest BCUT2D eigenvalue weighted by Crippen LogP contribution is -2.46. The number of halogens is 1. The molecule has 2 aromatic carbocycles. The lowest BCUT2D eigenvalue weighted by atomic mass is 9.95. The fourth-order valence-corrected chi connectivity index (χ4v) is 2.94. The number of carbonyl (C=O) groups is 1. The van der Waals surface area contributed by atoms with Gasteiger partial charge in [-0.15, -0.1) is 0 Å². The van der Waals surface area contributed by atoms with Crippen LogP contribution in [0.2, 0.25) is 5.02 Å². The summed E-state index contributed by atoms with van der Waals surface area (Å²) in [5, 5.41) is 16.6. The van der Waals surface area contributed by atoms with Gasteiger partial charge in [0.05, 0.1) is 5.02 Å². The quantitative estimate of drug-likeness (QED) is 0.611. The van der Waals surface area contributed by atoms with Crippen molar-refractivity contribution in [2.45, 2.75) is 38.8 Å². The van der Waals surface area contributed by atoms with Crippen molar-refractivity contribution in [3.8, 4) is 5.75 Å². The van der Waals surface area contributed by atoms with E-state index in [9.17, 15) is 9.90 Å². The van der Waals surface area contributed by atoms with Gasteiger partial charge in [-0.2, -0.15) is 0 Å². The Morgan fingerprint density at radius 1 is 1.22 bits per heavy atom. The van der Waals surface area contributed by atoms with Gasteiger partial charge in [-0.05, 0) is 44.0 Å². The van der Waals surface area contributed by atoms with Crippen LogP contribution < -0.4 is 15.4 Å². The second kappa shape index (κ2) is 9.74. The predicted octanol–water partition coefficient (Wildman–Crippen LogP) is 3.65. The Kier molecular flexibility index (Phi) is 7.66. The summed E-state index contributed by atoms with van der Waals surface area (Å²) in [7, 11) is 0. The van der Waals surface area contributed by atoms with Gasteiger partial charge in [0, 0.05) is 24.7 Å². The molecule has 1 amide bonds. The largest absolute Gasteiger partial charge is 0.489 e. The van der Waals surface area contributed by atoms with E-state index in [1.54, 1.807) is 18.2 Å². The molecule has 0 aliphatic carbocycles. The Balaban J connectivity index is 1.80. The number of benzene rings is 2. The van der Waals surface area contributed by atoms with E-state index >= 15 is 0 Å². The van der Waals surface area contributed by atoms with Crippen molar-refractivity contribution in [1.82, 2.24) is 5.32 Å². The molecule has 2 aromatic rings. The molecule has 0 heterocycles. The molecule has 0 aromatic heterocycles. The van der Waals surface area contributed by atoms with Crippen LogP contribution in [0.1, 0.15) is 26.3 Å². The number of hydrogen-bond donors (Lipinski definition) is 3. The summed E-state index contributed by atoms with van der Waals surface area (Å²) in [6.07, 6.45) is 0.184. The van der Waals surface area contributed by atoms with Crippen molar-refractivity contribution in [2.75, 3.05) is 18.5 Å². The summed E-state index contributed by atoms with van der Waals surface area (Å²) in [6.45, 7) is 6.16. The number of nitrogens with one attached hydrogen (secondary N) is 2. The molecule has 0 spiro atoms. The molecule has 0 saturated heterocycles.